The summed E-state index contributed by atoms with van der Waals surface area (Å²) in [5, 5.41) is 33.0. The lowest BCUT2D eigenvalue weighted by Gasteiger charge is -1.97. The molecule has 0 heterocycles. The van der Waals surface area contributed by atoms with Crippen LogP contribution in [-0.2, 0) is 14.4 Å². The van der Waals surface area contributed by atoms with Crippen LogP contribution in [0.5, 0.6) is 0 Å². The van der Waals surface area contributed by atoms with Crippen LogP contribution >= 0.6 is 0 Å². The van der Waals surface area contributed by atoms with Crippen LogP contribution in [0.25, 0.3) is 0 Å². The number of aliphatic hydroxyl groups is 1. The van der Waals surface area contributed by atoms with Gasteiger partial charge in [-0.05, 0) is 25.7 Å². The van der Waals surface area contributed by atoms with Gasteiger partial charge in [0.05, 0.1) is 0 Å². The number of carbonyl (C=O) groups is 3. The van der Waals surface area contributed by atoms with Crippen molar-refractivity contribution in [2.45, 2.75) is 175 Å². The Morgan fingerprint density at radius 1 is 0.368 bits per heavy atom. The summed E-state index contributed by atoms with van der Waals surface area (Å²) in [6.45, 7) is 8.93. The Morgan fingerprint density at radius 3 is 0.737 bits per heavy atom. The molecule has 0 fully saturated rings. The van der Waals surface area contributed by atoms with Crippen molar-refractivity contribution in [3.8, 4) is 0 Å². The summed E-state index contributed by atoms with van der Waals surface area (Å²) in [5.41, 5.74) is 0. The molecule has 0 atom stereocenters. The fourth-order valence-corrected chi connectivity index (χ4v) is 3.33. The van der Waals surface area contributed by atoms with Crippen molar-refractivity contribution in [1.82, 2.24) is 0 Å². The fraction of sp³-hybridized carbons (Fsp3) is 0.903. The van der Waals surface area contributed by atoms with Gasteiger partial charge >= 0.3 is 17.9 Å². The van der Waals surface area contributed by atoms with E-state index < -0.39 is 17.9 Å². The number of hydrogen-bond acceptors (Lipinski definition) is 4. The zero-order chi connectivity index (χ0) is 29.7. The van der Waals surface area contributed by atoms with Crippen molar-refractivity contribution in [1.29, 1.82) is 0 Å². The highest BCUT2D eigenvalue weighted by molar-refractivity contribution is 5.67. The molecule has 0 rings (SSSR count). The monoisotopic (exact) mass is 548 g/mol. The highest BCUT2D eigenvalue weighted by atomic mass is 16.4. The molecule has 0 aliphatic rings. The number of aliphatic hydroxyl groups excluding tert-OH is 1. The lowest BCUT2D eigenvalue weighted by atomic mass is 10.1. The van der Waals surface area contributed by atoms with Gasteiger partial charge in [-0.2, -0.15) is 0 Å². The molecular formula is C31H64O7. The van der Waals surface area contributed by atoms with Gasteiger partial charge in [-0.3, -0.25) is 14.4 Å². The van der Waals surface area contributed by atoms with Crippen LogP contribution in [0.2, 0.25) is 0 Å². The molecule has 7 nitrogen and oxygen atoms in total. The molecule has 0 amide bonds. The number of rotatable bonds is 23. The van der Waals surface area contributed by atoms with Crippen LogP contribution in [0.4, 0.5) is 0 Å². The van der Waals surface area contributed by atoms with Gasteiger partial charge in [0.25, 0.3) is 0 Å². The van der Waals surface area contributed by atoms with Gasteiger partial charge in [0.15, 0.2) is 0 Å². The first kappa shape index (κ1) is 43.4. The Bertz CT molecular complexity index is 403. The van der Waals surface area contributed by atoms with Crippen LogP contribution in [0.3, 0.4) is 0 Å². The number of aliphatic carboxylic acids is 3. The topological polar surface area (TPSA) is 132 Å². The van der Waals surface area contributed by atoms with E-state index >= 15 is 0 Å². The average molecular weight is 549 g/mol. The summed E-state index contributed by atoms with van der Waals surface area (Å²) in [7, 11) is 0. The molecule has 0 aromatic carbocycles. The molecule has 0 aromatic rings. The van der Waals surface area contributed by atoms with E-state index in [1.807, 2.05) is 0 Å². The zero-order valence-corrected chi connectivity index (χ0v) is 25.5. The second kappa shape index (κ2) is 42.5. The van der Waals surface area contributed by atoms with Crippen LogP contribution < -0.4 is 0 Å². The molecule has 0 radical (unpaired) electrons. The summed E-state index contributed by atoms with van der Waals surface area (Å²) in [5.74, 6) is -2.00. The van der Waals surface area contributed by atoms with Gasteiger partial charge in [-0.15, -0.1) is 0 Å². The van der Waals surface area contributed by atoms with Crippen LogP contribution in [0.1, 0.15) is 175 Å². The van der Waals surface area contributed by atoms with Crippen LogP contribution in [0.15, 0.2) is 0 Å². The molecule has 0 aliphatic carbocycles. The van der Waals surface area contributed by atoms with Crippen molar-refractivity contribution in [3.63, 3.8) is 0 Å². The van der Waals surface area contributed by atoms with Crippen molar-refractivity contribution >= 4 is 17.9 Å². The van der Waals surface area contributed by atoms with E-state index in [1.54, 1.807) is 0 Å². The van der Waals surface area contributed by atoms with Gasteiger partial charge < -0.3 is 20.4 Å². The van der Waals surface area contributed by atoms with Gasteiger partial charge in [0, 0.05) is 25.9 Å². The van der Waals surface area contributed by atoms with E-state index in [0.717, 1.165) is 51.4 Å². The van der Waals surface area contributed by atoms with Crippen molar-refractivity contribution < 1.29 is 34.8 Å². The Labute approximate surface area is 234 Å². The Morgan fingerprint density at radius 2 is 0.579 bits per heavy atom. The quantitative estimate of drug-likeness (QED) is 0.0935. The van der Waals surface area contributed by atoms with E-state index in [-0.39, 0.29) is 0 Å². The smallest absolute Gasteiger partial charge is 0.303 e. The maximum atomic E-state index is 10.1. The van der Waals surface area contributed by atoms with E-state index in [9.17, 15) is 14.4 Å². The Balaban J connectivity index is -0.000000209. The lowest BCUT2D eigenvalue weighted by molar-refractivity contribution is -0.138. The van der Waals surface area contributed by atoms with E-state index in [1.165, 1.54) is 77.0 Å². The number of carboxylic acids is 3. The second-order valence-corrected chi connectivity index (χ2v) is 9.81. The van der Waals surface area contributed by atoms with E-state index in [4.69, 9.17) is 20.4 Å². The van der Waals surface area contributed by atoms with Crippen molar-refractivity contribution in [3.05, 3.63) is 0 Å². The standard InChI is InChI=1S/3C9H18O2.C4H10O/c3*1-2-3-4-5-6-7-8-9(10)11;1-2-3-4-5/h3*2-8H2,1H3,(H,10,11);5H,2-4H2,1H3. The molecule has 0 spiro atoms. The van der Waals surface area contributed by atoms with Gasteiger partial charge in [0.1, 0.15) is 0 Å². The molecule has 4 N–H and O–H groups in total. The first-order valence-corrected chi connectivity index (χ1v) is 15.5. The molecule has 38 heavy (non-hydrogen) atoms. The Kier molecular flexibility index (Phi) is 48.5. The molecule has 0 aromatic heterocycles. The third-order valence-corrected chi connectivity index (χ3v) is 5.74. The highest BCUT2D eigenvalue weighted by Crippen LogP contribution is 2.08. The number of hydrogen-bond donors (Lipinski definition) is 4. The molecule has 0 aliphatic heterocycles. The van der Waals surface area contributed by atoms with Gasteiger partial charge in [0.2, 0.25) is 0 Å². The maximum Gasteiger partial charge on any atom is 0.303 e. The third kappa shape index (κ3) is 64.4. The molecule has 230 valence electrons. The molecule has 7 heteroatoms. The minimum Gasteiger partial charge on any atom is -0.481 e. The predicted octanol–water partition coefficient (Wildman–Crippen LogP) is 9.24. The predicted molar refractivity (Wildman–Crippen MR) is 159 cm³/mol. The zero-order valence-electron chi connectivity index (χ0n) is 25.5. The molecule has 0 unspecified atom stereocenters. The van der Waals surface area contributed by atoms with E-state index in [2.05, 4.69) is 27.7 Å². The minimum atomic E-state index is -0.666. The Hall–Kier alpha value is -1.63. The highest BCUT2D eigenvalue weighted by Gasteiger charge is 1.97. The second-order valence-electron chi connectivity index (χ2n) is 9.81. The number of unbranched alkanes of at least 4 members (excludes halogenated alkanes) is 16. The van der Waals surface area contributed by atoms with Crippen molar-refractivity contribution in [2.24, 2.45) is 0 Å². The number of carboxylic acid groups (broad SMARTS) is 3. The van der Waals surface area contributed by atoms with Crippen LogP contribution in [-0.4, -0.2) is 44.9 Å². The lowest BCUT2D eigenvalue weighted by Crippen LogP contribution is -1.93. The van der Waals surface area contributed by atoms with Crippen LogP contribution in [0, 0.1) is 0 Å². The molecule has 0 saturated heterocycles. The molecular weight excluding hydrogens is 484 g/mol. The van der Waals surface area contributed by atoms with Gasteiger partial charge in [-0.25, -0.2) is 0 Å². The van der Waals surface area contributed by atoms with E-state index in [0.29, 0.717) is 25.9 Å². The first-order chi connectivity index (χ1) is 18.2. The normalized spacial score (nSPS) is 9.71. The summed E-state index contributed by atoms with van der Waals surface area (Å²) in [4.78, 5) is 30.3. The van der Waals surface area contributed by atoms with Crippen molar-refractivity contribution in [2.75, 3.05) is 6.61 Å². The summed E-state index contributed by atoms with van der Waals surface area (Å²) in [6.07, 6.45) is 23.8. The third-order valence-electron chi connectivity index (χ3n) is 5.74. The molecule has 0 saturated carbocycles. The summed E-state index contributed by atoms with van der Waals surface area (Å²) < 4.78 is 0. The van der Waals surface area contributed by atoms with Gasteiger partial charge in [-0.1, -0.05) is 130 Å². The summed E-state index contributed by atoms with van der Waals surface area (Å²) >= 11 is 0. The largest absolute Gasteiger partial charge is 0.481 e. The fourth-order valence-electron chi connectivity index (χ4n) is 3.33. The average Bonchev–Trinajstić information content (AvgIpc) is 2.87. The molecule has 0 bridgehead atoms. The first-order valence-electron chi connectivity index (χ1n) is 15.5. The minimum absolute atomic E-state index is 0.339. The maximum absolute atomic E-state index is 10.1. The SMILES string of the molecule is CCCCCCCCC(=O)O.CCCCCCCCC(=O)O.CCCCCCCCC(=O)O.CCCCO. The summed E-state index contributed by atoms with van der Waals surface area (Å²) in [6, 6.07) is 0.